The third-order valence-corrected chi connectivity index (χ3v) is 3.11. The Bertz CT molecular complexity index is 286. The van der Waals surface area contributed by atoms with Gasteiger partial charge >= 0.3 is 5.97 Å². The molecule has 1 atom stereocenters. The van der Waals surface area contributed by atoms with Crippen molar-refractivity contribution in [2.45, 2.75) is 32.6 Å². The van der Waals surface area contributed by atoms with E-state index in [2.05, 4.69) is 6.92 Å². The summed E-state index contributed by atoms with van der Waals surface area (Å²) >= 11 is 0. The van der Waals surface area contributed by atoms with E-state index < -0.39 is 5.97 Å². The molecule has 0 spiro atoms. The van der Waals surface area contributed by atoms with Crippen LogP contribution in [0.5, 0.6) is 0 Å². The molecule has 0 radical (unpaired) electrons. The number of carbonyl (C=O) groups excluding carboxylic acids is 1. The van der Waals surface area contributed by atoms with E-state index in [-0.39, 0.29) is 5.91 Å². The first-order valence-corrected chi connectivity index (χ1v) is 5.83. The Morgan fingerprint density at radius 1 is 1.31 bits per heavy atom. The fraction of sp³-hybridized carbons (Fsp3) is 0.667. The Kier molecular flexibility index (Phi) is 5.02. The molecule has 1 amide bonds. The largest absolute Gasteiger partial charge is 0.478 e. The maximum absolute atomic E-state index is 11.6. The summed E-state index contributed by atoms with van der Waals surface area (Å²) in [5.41, 5.74) is 0. The predicted molar refractivity (Wildman–Crippen MR) is 61.0 cm³/mol. The zero-order valence-corrected chi connectivity index (χ0v) is 9.69. The number of carboxylic acid groups (broad SMARTS) is 1. The zero-order chi connectivity index (χ0) is 12.0. The molecular weight excluding hydrogens is 206 g/mol. The second kappa shape index (κ2) is 6.30. The van der Waals surface area contributed by atoms with Crippen LogP contribution < -0.4 is 0 Å². The number of likely N-dealkylation sites (tertiary alicyclic amines) is 1. The zero-order valence-electron chi connectivity index (χ0n) is 9.69. The lowest BCUT2D eigenvalue weighted by Crippen LogP contribution is -2.30. The topological polar surface area (TPSA) is 57.6 Å². The lowest BCUT2D eigenvalue weighted by atomic mass is 9.98. The van der Waals surface area contributed by atoms with Crippen LogP contribution in [0.2, 0.25) is 0 Å². The van der Waals surface area contributed by atoms with E-state index in [1.807, 2.05) is 0 Å². The molecule has 0 bridgehead atoms. The van der Waals surface area contributed by atoms with Crippen LogP contribution in [0.4, 0.5) is 0 Å². The van der Waals surface area contributed by atoms with Crippen LogP contribution in [-0.2, 0) is 9.59 Å². The fourth-order valence-corrected chi connectivity index (χ4v) is 2.04. The van der Waals surface area contributed by atoms with Crippen molar-refractivity contribution in [3.63, 3.8) is 0 Å². The number of carbonyl (C=O) groups is 2. The molecule has 1 heterocycles. The molecule has 1 saturated heterocycles. The van der Waals surface area contributed by atoms with Gasteiger partial charge in [0, 0.05) is 25.2 Å². The maximum Gasteiger partial charge on any atom is 0.328 e. The van der Waals surface area contributed by atoms with E-state index in [1.165, 1.54) is 6.42 Å². The highest BCUT2D eigenvalue weighted by molar-refractivity contribution is 5.93. The highest BCUT2D eigenvalue weighted by Gasteiger charge is 2.18. The van der Waals surface area contributed by atoms with E-state index in [1.54, 1.807) is 4.90 Å². The highest BCUT2D eigenvalue weighted by atomic mass is 16.4. The van der Waals surface area contributed by atoms with Crippen LogP contribution >= 0.6 is 0 Å². The minimum atomic E-state index is -1.07. The molecule has 16 heavy (non-hydrogen) atoms. The van der Waals surface area contributed by atoms with Gasteiger partial charge in [-0.25, -0.2) is 4.79 Å². The first kappa shape index (κ1) is 12.7. The number of carboxylic acids is 1. The summed E-state index contributed by atoms with van der Waals surface area (Å²) in [6.07, 6.45) is 6.43. The van der Waals surface area contributed by atoms with Crippen molar-refractivity contribution in [1.82, 2.24) is 4.90 Å². The van der Waals surface area contributed by atoms with Gasteiger partial charge in [-0.15, -0.1) is 0 Å². The average molecular weight is 225 g/mol. The van der Waals surface area contributed by atoms with Gasteiger partial charge in [-0.1, -0.05) is 13.3 Å². The smallest absolute Gasteiger partial charge is 0.328 e. The van der Waals surface area contributed by atoms with Crippen LogP contribution in [0.3, 0.4) is 0 Å². The molecular formula is C12H19NO3. The number of hydrogen-bond acceptors (Lipinski definition) is 2. The van der Waals surface area contributed by atoms with Crippen LogP contribution in [0, 0.1) is 5.92 Å². The van der Waals surface area contributed by atoms with E-state index in [9.17, 15) is 9.59 Å². The van der Waals surface area contributed by atoms with Crippen molar-refractivity contribution >= 4 is 11.9 Å². The van der Waals surface area contributed by atoms with Gasteiger partial charge in [0.2, 0.25) is 5.91 Å². The standard InChI is InChI=1S/C12H19NO3/c1-2-10-4-3-8-13(9-7-10)11(14)5-6-12(15)16/h5-6,10H,2-4,7-9H2,1H3,(H,15,16). The summed E-state index contributed by atoms with van der Waals surface area (Å²) < 4.78 is 0. The SMILES string of the molecule is CCC1CCCN(C(=O)C=CC(=O)O)CC1. The van der Waals surface area contributed by atoms with Crippen molar-refractivity contribution in [1.29, 1.82) is 0 Å². The molecule has 1 fully saturated rings. The molecule has 1 rings (SSSR count). The lowest BCUT2D eigenvalue weighted by molar-refractivity contribution is -0.132. The Morgan fingerprint density at radius 3 is 2.69 bits per heavy atom. The number of rotatable bonds is 3. The van der Waals surface area contributed by atoms with Crippen molar-refractivity contribution in [3.05, 3.63) is 12.2 Å². The van der Waals surface area contributed by atoms with E-state index in [4.69, 9.17) is 5.11 Å². The second-order valence-corrected chi connectivity index (χ2v) is 4.20. The molecule has 1 aliphatic rings. The number of nitrogens with zero attached hydrogens (tertiary/aromatic N) is 1. The maximum atomic E-state index is 11.6. The van der Waals surface area contributed by atoms with Crippen LogP contribution in [0.25, 0.3) is 0 Å². The van der Waals surface area contributed by atoms with Crippen LogP contribution in [0.1, 0.15) is 32.6 Å². The van der Waals surface area contributed by atoms with Crippen molar-refractivity contribution in [2.24, 2.45) is 5.92 Å². The molecule has 0 saturated carbocycles. The summed E-state index contributed by atoms with van der Waals surface area (Å²) in [4.78, 5) is 23.7. The Labute approximate surface area is 95.9 Å². The lowest BCUT2D eigenvalue weighted by Gasteiger charge is -2.18. The first-order chi connectivity index (χ1) is 7.63. The molecule has 90 valence electrons. The third-order valence-electron chi connectivity index (χ3n) is 3.11. The van der Waals surface area contributed by atoms with Crippen molar-refractivity contribution in [2.75, 3.05) is 13.1 Å². The normalized spacial score (nSPS) is 22.1. The van der Waals surface area contributed by atoms with Gasteiger partial charge in [0.25, 0.3) is 0 Å². The second-order valence-electron chi connectivity index (χ2n) is 4.20. The molecule has 0 aromatic carbocycles. The highest BCUT2D eigenvalue weighted by Crippen LogP contribution is 2.20. The molecule has 1 N–H and O–H groups in total. The van der Waals surface area contributed by atoms with Crippen LogP contribution in [-0.4, -0.2) is 35.0 Å². The third kappa shape index (κ3) is 4.04. The van der Waals surface area contributed by atoms with E-state index in [0.29, 0.717) is 5.92 Å². The number of amides is 1. The molecule has 1 unspecified atom stereocenters. The number of hydrogen-bond donors (Lipinski definition) is 1. The van der Waals surface area contributed by atoms with Crippen molar-refractivity contribution < 1.29 is 14.7 Å². The van der Waals surface area contributed by atoms with Gasteiger partial charge in [0.05, 0.1) is 0 Å². The van der Waals surface area contributed by atoms with Gasteiger partial charge < -0.3 is 10.0 Å². The van der Waals surface area contributed by atoms with E-state index >= 15 is 0 Å². The summed E-state index contributed by atoms with van der Waals surface area (Å²) in [6, 6.07) is 0. The van der Waals surface area contributed by atoms with Gasteiger partial charge in [0.1, 0.15) is 0 Å². The fourth-order valence-electron chi connectivity index (χ4n) is 2.04. The quantitative estimate of drug-likeness (QED) is 0.743. The average Bonchev–Trinajstić information content (AvgIpc) is 2.50. The van der Waals surface area contributed by atoms with Gasteiger partial charge in [-0.2, -0.15) is 0 Å². The number of aliphatic carboxylic acids is 1. The molecule has 1 aliphatic heterocycles. The predicted octanol–water partition coefficient (Wildman–Crippen LogP) is 1.67. The molecule has 0 aromatic rings. The monoisotopic (exact) mass is 225 g/mol. The summed E-state index contributed by atoms with van der Waals surface area (Å²) in [7, 11) is 0. The van der Waals surface area contributed by atoms with Gasteiger partial charge in [-0.05, 0) is 25.2 Å². The molecule has 4 heteroatoms. The van der Waals surface area contributed by atoms with E-state index in [0.717, 1.165) is 44.5 Å². The summed E-state index contributed by atoms with van der Waals surface area (Å²) in [5, 5.41) is 8.44. The Hall–Kier alpha value is -1.32. The molecule has 0 aliphatic carbocycles. The first-order valence-electron chi connectivity index (χ1n) is 5.83. The van der Waals surface area contributed by atoms with Crippen molar-refractivity contribution in [3.8, 4) is 0 Å². The van der Waals surface area contributed by atoms with Crippen LogP contribution in [0.15, 0.2) is 12.2 Å². The van der Waals surface area contributed by atoms with Gasteiger partial charge in [-0.3, -0.25) is 4.79 Å². The summed E-state index contributed by atoms with van der Waals surface area (Å²) in [5.74, 6) is -0.546. The Balaban J connectivity index is 2.48. The summed E-state index contributed by atoms with van der Waals surface area (Å²) in [6.45, 7) is 3.67. The molecule has 0 aromatic heterocycles. The minimum absolute atomic E-state index is 0.181. The minimum Gasteiger partial charge on any atom is -0.478 e. The Morgan fingerprint density at radius 2 is 2.06 bits per heavy atom. The van der Waals surface area contributed by atoms with Gasteiger partial charge in [0.15, 0.2) is 0 Å². The molecule has 4 nitrogen and oxygen atoms in total.